The summed E-state index contributed by atoms with van der Waals surface area (Å²) < 4.78 is 13.5. The van der Waals surface area contributed by atoms with Crippen LogP contribution in [0.25, 0.3) is 0 Å². The molecule has 0 bridgehead atoms. The zero-order valence-corrected chi connectivity index (χ0v) is 9.40. The van der Waals surface area contributed by atoms with Gasteiger partial charge in [0.25, 0.3) is 0 Å². The van der Waals surface area contributed by atoms with Crippen LogP contribution in [0.2, 0.25) is 0 Å². The van der Waals surface area contributed by atoms with Crippen LogP contribution in [-0.2, 0) is 6.54 Å². The quantitative estimate of drug-likeness (QED) is 0.777. The van der Waals surface area contributed by atoms with Crippen molar-refractivity contribution in [1.29, 1.82) is 0 Å². The molecular formula is C11H16FNS. The first-order valence-electron chi connectivity index (χ1n) is 4.83. The summed E-state index contributed by atoms with van der Waals surface area (Å²) in [4.78, 5) is 0.712. The SMILES string of the molecule is CCC(C)Sc1c(F)cccc1CN. The third-order valence-electron chi connectivity index (χ3n) is 2.16. The van der Waals surface area contributed by atoms with Crippen molar-refractivity contribution in [2.24, 2.45) is 5.73 Å². The van der Waals surface area contributed by atoms with E-state index in [0.717, 1.165) is 12.0 Å². The smallest absolute Gasteiger partial charge is 0.137 e. The van der Waals surface area contributed by atoms with Gasteiger partial charge >= 0.3 is 0 Å². The second-order valence-electron chi connectivity index (χ2n) is 3.27. The largest absolute Gasteiger partial charge is 0.326 e. The van der Waals surface area contributed by atoms with Crippen LogP contribution in [0, 0.1) is 5.82 Å². The van der Waals surface area contributed by atoms with E-state index in [2.05, 4.69) is 13.8 Å². The van der Waals surface area contributed by atoms with Crippen molar-refractivity contribution in [2.75, 3.05) is 0 Å². The van der Waals surface area contributed by atoms with Gasteiger partial charge in [0, 0.05) is 16.7 Å². The van der Waals surface area contributed by atoms with Gasteiger partial charge in [0.2, 0.25) is 0 Å². The molecule has 14 heavy (non-hydrogen) atoms. The topological polar surface area (TPSA) is 26.0 Å². The fourth-order valence-electron chi connectivity index (χ4n) is 1.13. The Morgan fingerprint density at radius 1 is 1.50 bits per heavy atom. The number of nitrogens with two attached hydrogens (primary N) is 1. The van der Waals surface area contributed by atoms with E-state index in [9.17, 15) is 4.39 Å². The molecule has 1 aromatic rings. The Kier molecular flexibility index (Phi) is 4.42. The van der Waals surface area contributed by atoms with E-state index in [1.54, 1.807) is 17.8 Å². The predicted molar refractivity (Wildman–Crippen MR) is 59.9 cm³/mol. The Hall–Kier alpha value is -0.540. The maximum Gasteiger partial charge on any atom is 0.137 e. The molecule has 1 atom stereocenters. The highest BCUT2D eigenvalue weighted by atomic mass is 32.2. The Morgan fingerprint density at radius 2 is 2.21 bits per heavy atom. The minimum Gasteiger partial charge on any atom is -0.326 e. The average Bonchev–Trinajstić information content (AvgIpc) is 2.20. The van der Waals surface area contributed by atoms with Crippen LogP contribution in [0.1, 0.15) is 25.8 Å². The lowest BCUT2D eigenvalue weighted by Gasteiger charge is -2.12. The molecule has 0 aromatic heterocycles. The molecule has 0 aliphatic rings. The number of thioether (sulfide) groups is 1. The lowest BCUT2D eigenvalue weighted by Crippen LogP contribution is -2.02. The average molecular weight is 213 g/mol. The highest BCUT2D eigenvalue weighted by Crippen LogP contribution is 2.30. The maximum absolute atomic E-state index is 13.5. The lowest BCUT2D eigenvalue weighted by atomic mass is 10.2. The first kappa shape index (κ1) is 11.5. The van der Waals surface area contributed by atoms with Crippen molar-refractivity contribution in [3.63, 3.8) is 0 Å². The molecule has 3 heteroatoms. The molecule has 0 amide bonds. The van der Waals surface area contributed by atoms with Gasteiger partial charge in [-0.05, 0) is 18.1 Å². The van der Waals surface area contributed by atoms with Crippen LogP contribution in [-0.4, -0.2) is 5.25 Å². The summed E-state index contributed by atoms with van der Waals surface area (Å²) in [6.45, 7) is 4.59. The molecule has 1 rings (SSSR count). The molecule has 0 aliphatic carbocycles. The molecule has 78 valence electrons. The fraction of sp³-hybridized carbons (Fsp3) is 0.455. The van der Waals surface area contributed by atoms with Crippen molar-refractivity contribution in [1.82, 2.24) is 0 Å². The normalized spacial score (nSPS) is 12.9. The van der Waals surface area contributed by atoms with Gasteiger partial charge in [0.15, 0.2) is 0 Å². The second-order valence-corrected chi connectivity index (χ2v) is 4.72. The minimum absolute atomic E-state index is 0.154. The van der Waals surface area contributed by atoms with Crippen LogP contribution in [0.3, 0.4) is 0 Å². The summed E-state index contributed by atoms with van der Waals surface area (Å²) in [6, 6.07) is 5.08. The molecule has 1 aromatic carbocycles. The number of hydrogen-bond acceptors (Lipinski definition) is 2. The zero-order chi connectivity index (χ0) is 10.6. The van der Waals surface area contributed by atoms with Gasteiger partial charge in [0.05, 0.1) is 0 Å². The molecule has 1 unspecified atom stereocenters. The van der Waals surface area contributed by atoms with Gasteiger partial charge < -0.3 is 5.73 Å². The Morgan fingerprint density at radius 3 is 2.79 bits per heavy atom. The van der Waals surface area contributed by atoms with Crippen molar-refractivity contribution >= 4 is 11.8 Å². The van der Waals surface area contributed by atoms with E-state index in [1.807, 2.05) is 6.07 Å². The third kappa shape index (κ3) is 2.72. The summed E-state index contributed by atoms with van der Waals surface area (Å²) >= 11 is 1.57. The third-order valence-corrected chi connectivity index (χ3v) is 3.59. The number of hydrogen-bond donors (Lipinski definition) is 1. The highest BCUT2D eigenvalue weighted by Gasteiger charge is 2.10. The standard InChI is InChI=1S/C11H16FNS/c1-3-8(2)14-11-9(7-13)5-4-6-10(11)12/h4-6,8H,3,7,13H2,1-2H3. The van der Waals surface area contributed by atoms with Gasteiger partial charge in [0.1, 0.15) is 5.82 Å². The van der Waals surface area contributed by atoms with E-state index in [4.69, 9.17) is 5.73 Å². The van der Waals surface area contributed by atoms with E-state index >= 15 is 0 Å². The molecule has 2 N–H and O–H groups in total. The molecule has 0 spiro atoms. The van der Waals surface area contributed by atoms with Gasteiger partial charge in [-0.2, -0.15) is 0 Å². The van der Waals surface area contributed by atoms with Crippen LogP contribution in [0.5, 0.6) is 0 Å². The second kappa shape index (κ2) is 5.37. The van der Waals surface area contributed by atoms with Crippen molar-refractivity contribution in [3.05, 3.63) is 29.6 Å². The van der Waals surface area contributed by atoms with E-state index < -0.39 is 0 Å². The fourth-order valence-corrected chi connectivity index (χ4v) is 2.18. The lowest BCUT2D eigenvalue weighted by molar-refractivity contribution is 0.596. The van der Waals surface area contributed by atoms with Gasteiger partial charge in [-0.15, -0.1) is 11.8 Å². The number of rotatable bonds is 4. The number of benzene rings is 1. The summed E-state index contributed by atoms with van der Waals surface area (Å²) in [6.07, 6.45) is 1.03. The summed E-state index contributed by atoms with van der Waals surface area (Å²) in [5, 5.41) is 0.428. The van der Waals surface area contributed by atoms with Crippen LogP contribution >= 0.6 is 11.8 Å². The van der Waals surface area contributed by atoms with E-state index in [1.165, 1.54) is 6.07 Å². The molecule has 0 saturated heterocycles. The Bertz CT molecular complexity index is 301. The van der Waals surface area contributed by atoms with Crippen molar-refractivity contribution < 1.29 is 4.39 Å². The summed E-state index contributed by atoms with van der Waals surface area (Å²) in [7, 11) is 0. The van der Waals surface area contributed by atoms with Gasteiger partial charge in [-0.25, -0.2) is 4.39 Å². The monoisotopic (exact) mass is 213 g/mol. The van der Waals surface area contributed by atoms with E-state index in [0.29, 0.717) is 16.7 Å². The maximum atomic E-state index is 13.5. The zero-order valence-electron chi connectivity index (χ0n) is 8.59. The molecular weight excluding hydrogens is 197 g/mol. The predicted octanol–water partition coefficient (Wildman–Crippen LogP) is 3.18. The van der Waals surface area contributed by atoms with E-state index in [-0.39, 0.29) is 5.82 Å². The van der Waals surface area contributed by atoms with Gasteiger partial charge in [-0.1, -0.05) is 26.0 Å². The highest BCUT2D eigenvalue weighted by molar-refractivity contribution is 8.00. The molecule has 0 saturated carbocycles. The molecule has 0 heterocycles. The Labute approximate surface area is 88.9 Å². The number of halogens is 1. The van der Waals surface area contributed by atoms with Crippen LogP contribution in [0.15, 0.2) is 23.1 Å². The van der Waals surface area contributed by atoms with Crippen molar-refractivity contribution in [3.8, 4) is 0 Å². The first-order valence-corrected chi connectivity index (χ1v) is 5.71. The first-order chi connectivity index (χ1) is 6.69. The van der Waals surface area contributed by atoms with Gasteiger partial charge in [-0.3, -0.25) is 0 Å². The summed E-state index contributed by atoms with van der Waals surface area (Å²) in [5.41, 5.74) is 6.46. The minimum atomic E-state index is -0.154. The molecule has 0 fully saturated rings. The summed E-state index contributed by atoms with van der Waals surface area (Å²) in [5.74, 6) is -0.154. The van der Waals surface area contributed by atoms with Crippen LogP contribution in [0.4, 0.5) is 4.39 Å². The molecule has 0 radical (unpaired) electrons. The van der Waals surface area contributed by atoms with Crippen LogP contribution < -0.4 is 5.73 Å². The molecule has 1 nitrogen and oxygen atoms in total. The molecule has 0 aliphatic heterocycles. The Balaban J connectivity index is 2.92. The van der Waals surface area contributed by atoms with Crippen molar-refractivity contribution in [2.45, 2.75) is 37.0 Å².